The molecule has 1 aliphatic carbocycles. The minimum atomic E-state index is -0.200. The van der Waals surface area contributed by atoms with Crippen LogP contribution < -0.4 is 10.6 Å². The number of benzene rings is 4. The predicted molar refractivity (Wildman–Crippen MR) is 136 cm³/mol. The van der Waals surface area contributed by atoms with Gasteiger partial charge in [-0.3, -0.25) is 4.79 Å². The molecule has 0 fully saturated rings. The minimum Gasteiger partial charge on any atom is -0.372 e. The van der Waals surface area contributed by atoms with E-state index in [2.05, 4.69) is 96.4 Å². The Bertz CT molecular complexity index is 1400. The summed E-state index contributed by atoms with van der Waals surface area (Å²) in [5.74, 6) is 0.398. The molecule has 3 nitrogen and oxygen atoms in total. The van der Waals surface area contributed by atoms with Gasteiger partial charge in [-0.25, -0.2) is 0 Å². The number of Topliss-reactive ketones (excluding diaryl/α,β-unsaturated/α-hetero) is 1. The zero-order chi connectivity index (χ0) is 22.4. The molecular weight excluding hydrogens is 404 g/mol. The summed E-state index contributed by atoms with van der Waals surface area (Å²) < 4.78 is 0. The van der Waals surface area contributed by atoms with Gasteiger partial charge in [-0.1, -0.05) is 84.4 Å². The second-order valence-electron chi connectivity index (χ2n) is 9.15. The molecule has 1 aliphatic heterocycles. The van der Waals surface area contributed by atoms with Crippen molar-refractivity contribution >= 4 is 27.9 Å². The molecule has 33 heavy (non-hydrogen) atoms. The Morgan fingerprint density at radius 3 is 2.33 bits per heavy atom. The van der Waals surface area contributed by atoms with Gasteiger partial charge >= 0.3 is 0 Å². The van der Waals surface area contributed by atoms with Crippen molar-refractivity contribution in [3.63, 3.8) is 0 Å². The second kappa shape index (κ2) is 7.93. The first-order valence-corrected chi connectivity index (χ1v) is 11.6. The normalized spacial score (nSPS) is 19.8. The van der Waals surface area contributed by atoms with Crippen molar-refractivity contribution in [1.29, 1.82) is 0 Å². The van der Waals surface area contributed by atoms with Gasteiger partial charge in [0.05, 0.1) is 17.4 Å². The van der Waals surface area contributed by atoms with Crippen molar-refractivity contribution in [2.24, 2.45) is 0 Å². The summed E-state index contributed by atoms with van der Waals surface area (Å²) in [7, 11) is 0. The molecule has 2 unspecified atom stereocenters. The van der Waals surface area contributed by atoms with Crippen LogP contribution in [-0.2, 0) is 4.79 Å². The fourth-order valence-corrected chi connectivity index (χ4v) is 5.30. The molecule has 2 atom stereocenters. The maximum Gasteiger partial charge on any atom is 0.163 e. The van der Waals surface area contributed by atoms with E-state index in [0.717, 1.165) is 34.6 Å². The molecular formula is C30H26N2O. The number of carbonyl (C=O) groups is 1. The van der Waals surface area contributed by atoms with Crippen LogP contribution in [0.2, 0.25) is 0 Å². The number of fused-ring (bicyclic) bond motifs is 2. The summed E-state index contributed by atoms with van der Waals surface area (Å²) in [6, 6.07) is 31.4. The van der Waals surface area contributed by atoms with E-state index in [0.29, 0.717) is 6.42 Å². The molecule has 0 saturated carbocycles. The van der Waals surface area contributed by atoms with E-state index < -0.39 is 0 Å². The SMILES string of the molecule is Cc1ccc(C2CC(=O)C3=C(C2)Nc2ccccc2NC3c2cccc3ccccc23)cc1. The maximum atomic E-state index is 13.8. The van der Waals surface area contributed by atoms with Gasteiger partial charge in [-0.2, -0.15) is 0 Å². The maximum absolute atomic E-state index is 13.8. The fourth-order valence-electron chi connectivity index (χ4n) is 5.30. The first-order valence-electron chi connectivity index (χ1n) is 11.6. The average molecular weight is 431 g/mol. The zero-order valence-corrected chi connectivity index (χ0v) is 18.6. The Hall–Kier alpha value is -3.85. The van der Waals surface area contributed by atoms with Gasteiger partial charge in [0.1, 0.15) is 0 Å². The van der Waals surface area contributed by atoms with Gasteiger partial charge in [-0.05, 0) is 53.3 Å². The van der Waals surface area contributed by atoms with Gasteiger partial charge in [0.15, 0.2) is 5.78 Å². The molecule has 0 spiro atoms. The third-order valence-corrected chi connectivity index (χ3v) is 6.99. The molecule has 2 aliphatic rings. The lowest BCUT2D eigenvalue weighted by Gasteiger charge is -2.30. The number of hydrogen-bond acceptors (Lipinski definition) is 3. The van der Waals surface area contributed by atoms with Gasteiger partial charge in [0, 0.05) is 17.7 Å². The highest BCUT2D eigenvalue weighted by Gasteiger charge is 2.36. The predicted octanol–water partition coefficient (Wildman–Crippen LogP) is 7.13. The lowest BCUT2D eigenvalue weighted by Crippen LogP contribution is -2.27. The number of hydrogen-bond donors (Lipinski definition) is 2. The Kier molecular flexibility index (Phi) is 4.76. The van der Waals surface area contributed by atoms with Crippen molar-refractivity contribution in [3.8, 4) is 0 Å². The molecule has 162 valence electrons. The summed E-state index contributed by atoms with van der Waals surface area (Å²) >= 11 is 0. The minimum absolute atomic E-state index is 0.183. The van der Waals surface area contributed by atoms with E-state index in [-0.39, 0.29) is 17.7 Å². The standard InChI is InChI=1S/C30H26N2O/c1-19-13-15-20(16-14-19)22-17-27-29(28(33)18-22)30(32-26-12-5-4-11-25(26)31-27)24-10-6-8-21-7-2-3-9-23(21)24/h2-16,22,30-32H,17-18H2,1H3. The van der Waals surface area contributed by atoms with Crippen molar-refractivity contribution in [2.45, 2.75) is 31.7 Å². The molecule has 0 aromatic heterocycles. The van der Waals surface area contributed by atoms with Crippen molar-refractivity contribution in [1.82, 2.24) is 0 Å². The van der Waals surface area contributed by atoms with E-state index in [9.17, 15) is 4.79 Å². The van der Waals surface area contributed by atoms with Crippen LogP contribution in [0.15, 0.2) is 102 Å². The van der Waals surface area contributed by atoms with Crippen LogP contribution in [0.1, 0.15) is 41.5 Å². The van der Waals surface area contributed by atoms with E-state index >= 15 is 0 Å². The number of aryl methyl sites for hydroxylation is 1. The third-order valence-electron chi connectivity index (χ3n) is 6.99. The van der Waals surface area contributed by atoms with Gasteiger partial charge < -0.3 is 10.6 Å². The zero-order valence-electron chi connectivity index (χ0n) is 18.6. The van der Waals surface area contributed by atoms with Crippen LogP contribution in [0.5, 0.6) is 0 Å². The molecule has 4 aromatic rings. The molecule has 0 radical (unpaired) electrons. The summed E-state index contributed by atoms with van der Waals surface area (Å²) in [5.41, 5.74) is 7.55. The van der Waals surface area contributed by atoms with Crippen molar-refractivity contribution in [2.75, 3.05) is 10.6 Å². The van der Waals surface area contributed by atoms with Gasteiger partial charge in [0.2, 0.25) is 0 Å². The van der Waals surface area contributed by atoms with Gasteiger partial charge in [-0.15, -0.1) is 0 Å². The van der Waals surface area contributed by atoms with Gasteiger partial charge in [0.25, 0.3) is 0 Å². The van der Waals surface area contributed by atoms with Crippen molar-refractivity contribution in [3.05, 3.63) is 119 Å². The van der Waals surface area contributed by atoms with Crippen LogP contribution in [0, 0.1) is 6.92 Å². The molecule has 0 bridgehead atoms. The Morgan fingerprint density at radius 1 is 0.758 bits per heavy atom. The number of ketones is 1. The number of rotatable bonds is 2. The molecule has 0 saturated heterocycles. The number of carbonyl (C=O) groups excluding carboxylic acids is 1. The Labute approximate surface area is 194 Å². The van der Waals surface area contributed by atoms with Crippen LogP contribution in [0.4, 0.5) is 11.4 Å². The van der Waals surface area contributed by atoms with E-state index in [1.54, 1.807) is 0 Å². The third kappa shape index (κ3) is 3.50. The summed E-state index contributed by atoms with van der Waals surface area (Å²) in [4.78, 5) is 13.8. The van der Waals surface area contributed by atoms with Crippen LogP contribution >= 0.6 is 0 Å². The highest BCUT2D eigenvalue weighted by atomic mass is 16.1. The lowest BCUT2D eigenvalue weighted by atomic mass is 9.78. The largest absolute Gasteiger partial charge is 0.372 e. The second-order valence-corrected chi connectivity index (χ2v) is 9.15. The number of allylic oxidation sites excluding steroid dienone is 1. The van der Waals surface area contributed by atoms with Crippen molar-refractivity contribution < 1.29 is 4.79 Å². The first kappa shape index (κ1) is 19.8. The van der Waals surface area contributed by atoms with E-state index in [1.165, 1.54) is 21.9 Å². The monoisotopic (exact) mass is 430 g/mol. The first-order chi connectivity index (χ1) is 16.2. The lowest BCUT2D eigenvalue weighted by molar-refractivity contribution is -0.116. The molecule has 4 aromatic carbocycles. The summed E-state index contributed by atoms with van der Waals surface area (Å²) in [5, 5.41) is 9.73. The van der Waals surface area contributed by atoms with Crippen LogP contribution in [0.3, 0.4) is 0 Å². The van der Waals surface area contributed by atoms with Crippen LogP contribution in [0.25, 0.3) is 10.8 Å². The van der Waals surface area contributed by atoms with Crippen LogP contribution in [-0.4, -0.2) is 5.78 Å². The average Bonchev–Trinajstić information content (AvgIpc) is 3.01. The quantitative estimate of drug-likeness (QED) is 0.355. The number of nitrogens with one attached hydrogen (secondary N) is 2. The topological polar surface area (TPSA) is 41.1 Å². The Balaban J connectivity index is 1.51. The molecule has 3 heteroatoms. The highest BCUT2D eigenvalue weighted by Crippen LogP contribution is 2.45. The molecule has 2 N–H and O–H groups in total. The summed E-state index contributed by atoms with van der Waals surface area (Å²) in [6.07, 6.45) is 1.35. The fraction of sp³-hybridized carbons (Fsp3) is 0.167. The number of para-hydroxylation sites is 2. The molecule has 6 rings (SSSR count). The smallest absolute Gasteiger partial charge is 0.163 e. The van der Waals surface area contributed by atoms with E-state index in [4.69, 9.17) is 0 Å². The number of anilines is 2. The Morgan fingerprint density at radius 2 is 1.48 bits per heavy atom. The molecule has 0 amide bonds. The van der Waals surface area contributed by atoms with E-state index in [1.807, 2.05) is 12.1 Å². The highest BCUT2D eigenvalue weighted by molar-refractivity contribution is 6.02. The molecule has 1 heterocycles. The summed E-state index contributed by atoms with van der Waals surface area (Å²) in [6.45, 7) is 2.10.